The first-order valence-corrected chi connectivity index (χ1v) is 10.0. The van der Waals surface area contributed by atoms with Gasteiger partial charge < -0.3 is 9.84 Å². The summed E-state index contributed by atoms with van der Waals surface area (Å²) in [6.07, 6.45) is 2.37. The van der Waals surface area contributed by atoms with E-state index in [9.17, 15) is 13.5 Å². The van der Waals surface area contributed by atoms with Crippen molar-refractivity contribution >= 4 is 10.0 Å². The first-order chi connectivity index (χ1) is 11.5. The van der Waals surface area contributed by atoms with Crippen LogP contribution in [0, 0.1) is 0 Å². The third-order valence-corrected chi connectivity index (χ3v) is 5.94. The summed E-state index contributed by atoms with van der Waals surface area (Å²) in [7, 11) is -3.45. The molecular formula is C13H24N6O4S. The molecule has 2 fully saturated rings. The van der Waals surface area contributed by atoms with Crippen LogP contribution in [0.1, 0.15) is 24.7 Å². The van der Waals surface area contributed by atoms with Crippen molar-refractivity contribution in [1.29, 1.82) is 0 Å². The van der Waals surface area contributed by atoms with E-state index in [2.05, 4.69) is 20.4 Å². The van der Waals surface area contributed by atoms with Gasteiger partial charge in [0.2, 0.25) is 10.0 Å². The molecule has 2 saturated heterocycles. The number of nitrogens with zero attached hydrogens (tertiary/aromatic N) is 6. The molecule has 0 aromatic carbocycles. The molecule has 0 saturated carbocycles. The Balaban J connectivity index is 1.73. The van der Waals surface area contributed by atoms with Crippen LogP contribution in [-0.2, 0) is 21.3 Å². The number of morpholine rings is 1. The molecule has 1 aromatic rings. The molecule has 0 amide bonds. The standard InChI is InChI=1S/C13H24N6O4S/c1-24(21,22)19-11(10-20)2-3-12(19)13-14-15-16-18(13)5-4-17-6-8-23-9-7-17/h11-12,20H,2-10H2,1H3/t11-,12+/m0/s1. The van der Waals surface area contributed by atoms with Crippen LogP contribution < -0.4 is 0 Å². The fraction of sp³-hybridized carbons (Fsp3) is 0.923. The quantitative estimate of drug-likeness (QED) is 0.649. The average Bonchev–Trinajstić information content (AvgIpc) is 3.19. The summed E-state index contributed by atoms with van der Waals surface area (Å²) >= 11 is 0. The molecule has 2 aliphatic rings. The van der Waals surface area contributed by atoms with Gasteiger partial charge in [-0.15, -0.1) is 5.10 Å². The third kappa shape index (κ3) is 3.75. The van der Waals surface area contributed by atoms with Gasteiger partial charge in [0.1, 0.15) is 0 Å². The molecule has 1 aromatic heterocycles. The molecule has 2 atom stereocenters. The van der Waals surface area contributed by atoms with E-state index in [0.717, 1.165) is 39.1 Å². The number of tetrazole rings is 1. The Kier molecular flexibility index (Phi) is 5.45. The minimum absolute atomic E-state index is 0.196. The second-order valence-corrected chi connectivity index (χ2v) is 8.12. The molecule has 3 heterocycles. The van der Waals surface area contributed by atoms with Crippen molar-refractivity contribution in [3.05, 3.63) is 5.82 Å². The van der Waals surface area contributed by atoms with Crippen molar-refractivity contribution in [1.82, 2.24) is 29.4 Å². The predicted octanol–water partition coefficient (Wildman–Crippen LogP) is -1.54. The summed E-state index contributed by atoms with van der Waals surface area (Å²) in [5.41, 5.74) is 0. The number of sulfonamides is 1. The van der Waals surface area contributed by atoms with Crippen molar-refractivity contribution < 1.29 is 18.3 Å². The van der Waals surface area contributed by atoms with E-state index in [4.69, 9.17) is 4.74 Å². The molecule has 0 bridgehead atoms. The smallest absolute Gasteiger partial charge is 0.212 e. The van der Waals surface area contributed by atoms with E-state index in [1.165, 1.54) is 4.31 Å². The Labute approximate surface area is 141 Å². The van der Waals surface area contributed by atoms with Gasteiger partial charge >= 0.3 is 0 Å². The van der Waals surface area contributed by atoms with E-state index < -0.39 is 22.1 Å². The van der Waals surface area contributed by atoms with Crippen LogP contribution in [0.25, 0.3) is 0 Å². The zero-order valence-corrected chi connectivity index (χ0v) is 14.6. The summed E-state index contributed by atoms with van der Waals surface area (Å²) < 4.78 is 32.6. The van der Waals surface area contributed by atoms with Crippen molar-refractivity contribution in [2.75, 3.05) is 45.7 Å². The molecule has 2 aliphatic heterocycles. The number of aliphatic hydroxyl groups is 1. The van der Waals surface area contributed by atoms with Crippen molar-refractivity contribution in [3.8, 4) is 0 Å². The first kappa shape index (κ1) is 17.7. The lowest BCUT2D eigenvalue weighted by molar-refractivity contribution is 0.0357. The summed E-state index contributed by atoms with van der Waals surface area (Å²) in [5.74, 6) is 0.546. The first-order valence-electron chi connectivity index (χ1n) is 8.16. The van der Waals surface area contributed by atoms with Crippen LogP contribution in [-0.4, -0.2) is 94.7 Å². The molecule has 0 spiro atoms. The van der Waals surface area contributed by atoms with Gasteiger partial charge in [0.15, 0.2) is 5.82 Å². The van der Waals surface area contributed by atoms with Gasteiger partial charge in [-0.25, -0.2) is 13.1 Å². The highest BCUT2D eigenvalue weighted by Gasteiger charge is 2.42. The van der Waals surface area contributed by atoms with Crippen LogP contribution in [0.2, 0.25) is 0 Å². The summed E-state index contributed by atoms with van der Waals surface area (Å²) in [6.45, 7) is 4.40. The normalized spacial score (nSPS) is 26.9. The van der Waals surface area contributed by atoms with Gasteiger partial charge in [-0.2, -0.15) is 4.31 Å². The second-order valence-electron chi connectivity index (χ2n) is 6.24. The lowest BCUT2D eigenvalue weighted by Gasteiger charge is -2.28. The molecule has 1 N–H and O–H groups in total. The lowest BCUT2D eigenvalue weighted by atomic mass is 10.2. The minimum Gasteiger partial charge on any atom is -0.395 e. The Hall–Kier alpha value is -1.14. The zero-order valence-electron chi connectivity index (χ0n) is 13.8. The molecule has 24 heavy (non-hydrogen) atoms. The van der Waals surface area contributed by atoms with Gasteiger partial charge in [0, 0.05) is 25.7 Å². The zero-order chi connectivity index (χ0) is 17.2. The SMILES string of the molecule is CS(=O)(=O)N1[C@H](CO)CC[C@@H]1c1nnnn1CCN1CCOCC1. The van der Waals surface area contributed by atoms with E-state index in [0.29, 0.717) is 25.2 Å². The van der Waals surface area contributed by atoms with Gasteiger partial charge in [0.05, 0.1) is 38.7 Å². The fourth-order valence-electron chi connectivity index (χ4n) is 3.45. The summed E-state index contributed by atoms with van der Waals surface area (Å²) in [5, 5.41) is 21.3. The molecule has 0 radical (unpaired) electrons. The molecular weight excluding hydrogens is 336 g/mol. The van der Waals surface area contributed by atoms with Gasteiger partial charge in [-0.1, -0.05) is 0 Å². The minimum atomic E-state index is -3.45. The number of hydrogen-bond donors (Lipinski definition) is 1. The van der Waals surface area contributed by atoms with Crippen molar-refractivity contribution in [3.63, 3.8) is 0 Å². The van der Waals surface area contributed by atoms with E-state index in [1.807, 2.05) is 0 Å². The monoisotopic (exact) mass is 360 g/mol. The summed E-state index contributed by atoms with van der Waals surface area (Å²) in [4.78, 5) is 2.27. The van der Waals surface area contributed by atoms with Crippen LogP contribution in [0.4, 0.5) is 0 Å². The maximum Gasteiger partial charge on any atom is 0.212 e. The largest absolute Gasteiger partial charge is 0.395 e. The van der Waals surface area contributed by atoms with Gasteiger partial charge in [-0.05, 0) is 23.3 Å². The Morgan fingerprint density at radius 3 is 2.67 bits per heavy atom. The van der Waals surface area contributed by atoms with Gasteiger partial charge in [-0.3, -0.25) is 4.90 Å². The number of aliphatic hydroxyl groups excluding tert-OH is 1. The molecule has 3 rings (SSSR count). The van der Waals surface area contributed by atoms with Crippen molar-refractivity contribution in [2.45, 2.75) is 31.5 Å². The highest BCUT2D eigenvalue weighted by atomic mass is 32.2. The summed E-state index contributed by atoms with van der Waals surface area (Å²) in [6, 6.07) is -0.828. The fourth-order valence-corrected chi connectivity index (χ4v) is 4.82. The Morgan fingerprint density at radius 1 is 1.25 bits per heavy atom. The van der Waals surface area contributed by atoms with Crippen LogP contribution in [0.5, 0.6) is 0 Å². The van der Waals surface area contributed by atoms with E-state index in [1.54, 1.807) is 4.68 Å². The van der Waals surface area contributed by atoms with Gasteiger partial charge in [0.25, 0.3) is 0 Å². The number of hydrogen-bond acceptors (Lipinski definition) is 8. The predicted molar refractivity (Wildman–Crippen MR) is 84.6 cm³/mol. The van der Waals surface area contributed by atoms with E-state index in [-0.39, 0.29) is 6.61 Å². The number of rotatable bonds is 6. The van der Waals surface area contributed by atoms with E-state index >= 15 is 0 Å². The third-order valence-electron chi connectivity index (χ3n) is 4.62. The van der Waals surface area contributed by atoms with Crippen LogP contribution in [0.15, 0.2) is 0 Å². The Bertz CT molecular complexity index is 645. The lowest BCUT2D eigenvalue weighted by Crippen LogP contribution is -2.40. The molecule has 0 aliphatic carbocycles. The van der Waals surface area contributed by atoms with Crippen LogP contribution >= 0.6 is 0 Å². The maximum atomic E-state index is 12.1. The van der Waals surface area contributed by atoms with Crippen molar-refractivity contribution in [2.24, 2.45) is 0 Å². The highest BCUT2D eigenvalue weighted by Crippen LogP contribution is 2.36. The average molecular weight is 360 g/mol. The molecule has 10 nitrogen and oxygen atoms in total. The second kappa shape index (κ2) is 7.40. The molecule has 11 heteroatoms. The number of aromatic nitrogens is 4. The number of ether oxygens (including phenoxy) is 1. The topological polar surface area (TPSA) is 114 Å². The highest BCUT2D eigenvalue weighted by molar-refractivity contribution is 7.88. The molecule has 136 valence electrons. The molecule has 0 unspecified atom stereocenters. The van der Waals surface area contributed by atoms with Crippen LogP contribution in [0.3, 0.4) is 0 Å². The maximum absolute atomic E-state index is 12.1. The Morgan fingerprint density at radius 2 is 2.00 bits per heavy atom.